The van der Waals surface area contributed by atoms with Crippen molar-refractivity contribution in [2.45, 2.75) is 71.8 Å². The molecule has 6 heteroatoms. The molecular weight excluding hydrogens is 368 g/mol. The quantitative estimate of drug-likeness (QED) is 0.644. The Kier molecular flexibility index (Phi) is 7.44. The lowest BCUT2D eigenvalue weighted by molar-refractivity contribution is -0.161. The Morgan fingerprint density at radius 2 is 1.76 bits per heavy atom. The van der Waals surface area contributed by atoms with E-state index < -0.39 is 11.6 Å². The third kappa shape index (κ3) is 6.31. The van der Waals surface area contributed by atoms with Crippen molar-refractivity contribution in [2.75, 3.05) is 7.05 Å². The Labute approximate surface area is 173 Å². The van der Waals surface area contributed by atoms with Crippen LogP contribution in [0, 0.1) is 11.3 Å². The Bertz CT molecular complexity index is 751. The lowest BCUT2D eigenvalue weighted by Crippen LogP contribution is -2.37. The molecule has 1 atom stereocenters. The minimum absolute atomic E-state index is 0.00502. The van der Waals surface area contributed by atoms with Crippen LogP contribution in [0.2, 0.25) is 0 Å². The number of amides is 1. The first-order valence-electron chi connectivity index (χ1n) is 10.3. The van der Waals surface area contributed by atoms with Crippen LogP contribution in [0.15, 0.2) is 29.4 Å². The van der Waals surface area contributed by atoms with Crippen LogP contribution in [0.25, 0.3) is 0 Å². The maximum Gasteiger partial charge on any atom is 0.350 e. The molecule has 0 aromatic heterocycles. The van der Waals surface area contributed by atoms with E-state index >= 15 is 0 Å². The van der Waals surface area contributed by atoms with Gasteiger partial charge in [-0.15, -0.1) is 0 Å². The molecule has 1 amide bonds. The molecular formula is C23H34N2O4. The second-order valence-electron chi connectivity index (χ2n) is 9.12. The molecule has 0 aliphatic heterocycles. The van der Waals surface area contributed by atoms with Crippen molar-refractivity contribution in [3.63, 3.8) is 0 Å². The highest BCUT2D eigenvalue weighted by molar-refractivity contribution is 5.88. The number of carbonyl (C=O) groups is 2. The molecule has 0 heterocycles. The van der Waals surface area contributed by atoms with E-state index in [4.69, 9.17) is 4.84 Å². The molecule has 1 aromatic carbocycles. The van der Waals surface area contributed by atoms with Crippen molar-refractivity contribution in [3.05, 3.63) is 35.4 Å². The number of nitrogens with one attached hydrogen (secondary N) is 1. The Hall–Kier alpha value is -2.37. The van der Waals surface area contributed by atoms with Gasteiger partial charge in [-0.25, -0.2) is 4.79 Å². The summed E-state index contributed by atoms with van der Waals surface area (Å²) in [5.74, 6) is -0.776. The average Bonchev–Trinajstić information content (AvgIpc) is 2.67. The van der Waals surface area contributed by atoms with Gasteiger partial charge >= 0.3 is 5.97 Å². The first kappa shape index (κ1) is 22.9. The minimum atomic E-state index is -1.33. The number of carboxylic acid groups (broad SMARTS) is 1. The van der Waals surface area contributed by atoms with E-state index in [0.717, 1.165) is 43.4 Å². The Morgan fingerprint density at radius 3 is 2.34 bits per heavy atom. The molecule has 1 saturated carbocycles. The van der Waals surface area contributed by atoms with Gasteiger partial charge in [0.25, 0.3) is 0 Å². The number of aliphatic carboxylic acids is 1. The SMILES string of the molecule is CNC(=O)Cc1ccc(CC(C)(C)C2CCCC/C2=N\OC(C)(C)C(=O)O)cc1. The van der Waals surface area contributed by atoms with Gasteiger partial charge in [0.15, 0.2) is 0 Å². The smallest absolute Gasteiger partial charge is 0.350 e. The summed E-state index contributed by atoms with van der Waals surface area (Å²) in [4.78, 5) is 28.3. The molecule has 0 radical (unpaired) electrons. The van der Waals surface area contributed by atoms with Gasteiger partial charge in [-0.3, -0.25) is 4.79 Å². The van der Waals surface area contributed by atoms with Crippen molar-refractivity contribution in [1.29, 1.82) is 0 Å². The van der Waals surface area contributed by atoms with E-state index in [1.165, 1.54) is 19.4 Å². The highest BCUT2D eigenvalue weighted by Crippen LogP contribution is 2.39. The summed E-state index contributed by atoms with van der Waals surface area (Å²) in [5.41, 5.74) is 1.80. The standard InChI is InChI=1S/C23H34N2O4/c1-22(2,15-17-12-10-16(11-13-17)14-20(26)24-5)18-8-6-7-9-19(18)25-29-23(3,4)21(27)28/h10-13,18H,6-9,14-15H2,1-5H3,(H,24,26)(H,27,28)/b25-19+. The normalized spacial score (nSPS) is 19.1. The third-order valence-corrected chi connectivity index (χ3v) is 5.75. The van der Waals surface area contributed by atoms with Gasteiger partial charge in [0.05, 0.1) is 12.1 Å². The summed E-state index contributed by atoms with van der Waals surface area (Å²) in [6, 6.07) is 8.19. The van der Waals surface area contributed by atoms with Crippen molar-refractivity contribution in [2.24, 2.45) is 16.5 Å². The zero-order valence-corrected chi connectivity index (χ0v) is 18.2. The van der Waals surface area contributed by atoms with Gasteiger partial charge in [0.1, 0.15) is 0 Å². The monoisotopic (exact) mass is 402 g/mol. The van der Waals surface area contributed by atoms with E-state index in [1.807, 2.05) is 12.1 Å². The molecule has 2 N–H and O–H groups in total. The Balaban J connectivity index is 2.12. The van der Waals surface area contributed by atoms with Gasteiger partial charge in [0, 0.05) is 13.0 Å². The molecule has 0 bridgehead atoms. The van der Waals surface area contributed by atoms with Crippen molar-refractivity contribution < 1.29 is 19.5 Å². The van der Waals surface area contributed by atoms with Crippen LogP contribution < -0.4 is 5.32 Å². The number of oxime groups is 1. The number of benzene rings is 1. The molecule has 0 saturated heterocycles. The molecule has 1 aromatic rings. The maximum absolute atomic E-state index is 11.5. The van der Waals surface area contributed by atoms with Gasteiger partial charge in [-0.05, 0) is 56.1 Å². The second kappa shape index (κ2) is 9.42. The fraction of sp³-hybridized carbons (Fsp3) is 0.609. The minimum Gasteiger partial charge on any atom is -0.478 e. The van der Waals surface area contributed by atoms with Gasteiger partial charge in [0.2, 0.25) is 11.5 Å². The summed E-state index contributed by atoms with van der Waals surface area (Å²) >= 11 is 0. The van der Waals surface area contributed by atoms with Crippen LogP contribution in [0.1, 0.15) is 64.5 Å². The second-order valence-corrected chi connectivity index (χ2v) is 9.12. The summed E-state index contributed by atoms with van der Waals surface area (Å²) < 4.78 is 0. The highest BCUT2D eigenvalue weighted by atomic mass is 16.7. The summed E-state index contributed by atoms with van der Waals surface area (Å²) in [7, 11) is 1.64. The lowest BCUT2D eigenvalue weighted by Gasteiger charge is -2.38. The zero-order valence-electron chi connectivity index (χ0n) is 18.2. The first-order chi connectivity index (χ1) is 13.5. The molecule has 29 heavy (non-hydrogen) atoms. The fourth-order valence-corrected chi connectivity index (χ4v) is 3.86. The predicted molar refractivity (Wildman–Crippen MR) is 114 cm³/mol. The van der Waals surface area contributed by atoms with Crippen molar-refractivity contribution in [1.82, 2.24) is 5.32 Å². The van der Waals surface area contributed by atoms with Gasteiger partial charge in [-0.1, -0.05) is 49.7 Å². The van der Waals surface area contributed by atoms with Crippen LogP contribution in [-0.4, -0.2) is 35.3 Å². The van der Waals surface area contributed by atoms with E-state index in [2.05, 4.69) is 36.5 Å². The van der Waals surface area contributed by atoms with Crippen LogP contribution in [0.5, 0.6) is 0 Å². The summed E-state index contributed by atoms with van der Waals surface area (Å²) in [5, 5.41) is 16.2. The largest absolute Gasteiger partial charge is 0.478 e. The molecule has 1 aliphatic carbocycles. The number of carboxylic acids is 1. The number of carbonyl (C=O) groups excluding carboxylic acids is 1. The van der Waals surface area contributed by atoms with Crippen LogP contribution in [0.4, 0.5) is 0 Å². The van der Waals surface area contributed by atoms with Gasteiger partial charge < -0.3 is 15.3 Å². The van der Waals surface area contributed by atoms with Gasteiger partial charge in [-0.2, -0.15) is 0 Å². The van der Waals surface area contributed by atoms with E-state index in [0.29, 0.717) is 6.42 Å². The van der Waals surface area contributed by atoms with E-state index in [1.54, 1.807) is 7.05 Å². The van der Waals surface area contributed by atoms with Crippen molar-refractivity contribution >= 4 is 17.6 Å². The molecule has 0 spiro atoms. The zero-order chi connectivity index (χ0) is 21.7. The fourth-order valence-electron chi connectivity index (χ4n) is 3.86. The maximum atomic E-state index is 11.5. The van der Waals surface area contributed by atoms with E-state index in [-0.39, 0.29) is 17.2 Å². The molecule has 2 rings (SSSR count). The summed E-state index contributed by atoms with van der Waals surface area (Å²) in [6.45, 7) is 7.50. The molecule has 1 unspecified atom stereocenters. The Morgan fingerprint density at radius 1 is 1.14 bits per heavy atom. The number of hydrogen-bond donors (Lipinski definition) is 2. The molecule has 1 fully saturated rings. The van der Waals surface area contributed by atoms with Crippen molar-refractivity contribution in [3.8, 4) is 0 Å². The third-order valence-electron chi connectivity index (χ3n) is 5.75. The highest BCUT2D eigenvalue weighted by Gasteiger charge is 2.37. The predicted octanol–water partition coefficient (Wildman–Crippen LogP) is 3.97. The van der Waals surface area contributed by atoms with Crippen LogP contribution >= 0.6 is 0 Å². The molecule has 160 valence electrons. The summed E-state index contributed by atoms with van der Waals surface area (Å²) in [6.07, 6.45) is 5.32. The van der Waals surface area contributed by atoms with E-state index in [9.17, 15) is 14.7 Å². The number of rotatable bonds is 8. The topological polar surface area (TPSA) is 88.0 Å². The van der Waals surface area contributed by atoms with Crippen LogP contribution in [0.3, 0.4) is 0 Å². The average molecular weight is 403 g/mol. The van der Waals surface area contributed by atoms with Crippen LogP contribution in [-0.2, 0) is 27.3 Å². The number of likely N-dealkylation sites (N-methyl/N-ethyl adjacent to an activating group) is 1. The number of nitrogens with zero attached hydrogens (tertiary/aromatic N) is 1. The molecule has 1 aliphatic rings. The lowest BCUT2D eigenvalue weighted by atomic mass is 9.67. The molecule has 6 nitrogen and oxygen atoms in total. The number of hydrogen-bond acceptors (Lipinski definition) is 4. The first-order valence-corrected chi connectivity index (χ1v) is 10.3.